The zero-order valence-corrected chi connectivity index (χ0v) is 16.4. The van der Waals surface area contributed by atoms with E-state index in [0.717, 1.165) is 29.2 Å². The van der Waals surface area contributed by atoms with Crippen LogP contribution >= 0.6 is 11.6 Å². The van der Waals surface area contributed by atoms with Gasteiger partial charge in [-0.25, -0.2) is 0 Å². The van der Waals surface area contributed by atoms with E-state index in [0.29, 0.717) is 25.5 Å². The summed E-state index contributed by atoms with van der Waals surface area (Å²) in [5, 5.41) is 3.91. The lowest BCUT2D eigenvalue weighted by Gasteiger charge is -2.28. The van der Waals surface area contributed by atoms with Crippen molar-refractivity contribution >= 4 is 17.5 Å². The Morgan fingerprint density at radius 1 is 1.07 bits per heavy atom. The summed E-state index contributed by atoms with van der Waals surface area (Å²) < 4.78 is 11.2. The maximum Gasteiger partial charge on any atom is 0.230 e. The molecule has 0 atom stereocenters. The van der Waals surface area contributed by atoms with Crippen molar-refractivity contribution in [3.8, 4) is 11.5 Å². The molecule has 1 amide bonds. The van der Waals surface area contributed by atoms with Crippen molar-refractivity contribution in [2.45, 2.75) is 37.5 Å². The Morgan fingerprint density at radius 2 is 1.74 bits per heavy atom. The molecule has 0 aromatic heterocycles. The fraction of sp³-hybridized carbons (Fsp3) is 0.409. The van der Waals surface area contributed by atoms with Crippen LogP contribution in [0.2, 0.25) is 5.02 Å². The van der Waals surface area contributed by atoms with Crippen LogP contribution in [0.15, 0.2) is 42.5 Å². The first-order valence-corrected chi connectivity index (χ1v) is 9.73. The zero-order chi connectivity index (χ0) is 19.1. The highest BCUT2D eigenvalue weighted by Crippen LogP contribution is 2.48. The molecule has 2 aliphatic rings. The zero-order valence-electron chi connectivity index (χ0n) is 15.7. The van der Waals surface area contributed by atoms with Crippen LogP contribution in [0.3, 0.4) is 0 Å². The highest BCUT2D eigenvalue weighted by molar-refractivity contribution is 6.30. The predicted octanol–water partition coefficient (Wildman–Crippen LogP) is 4.24. The normalized spacial score (nSPS) is 17.3. The average Bonchev–Trinajstić information content (AvgIpc) is 3.47. The van der Waals surface area contributed by atoms with E-state index in [9.17, 15) is 4.79 Å². The first kappa shape index (κ1) is 18.2. The van der Waals surface area contributed by atoms with Crippen molar-refractivity contribution in [3.05, 3.63) is 58.6 Å². The molecule has 27 heavy (non-hydrogen) atoms. The molecule has 142 valence electrons. The van der Waals surface area contributed by atoms with Gasteiger partial charge in [-0.2, -0.15) is 0 Å². The summed E-state index contributed by atoms with van der Waals surface area (Å²) in [5.41, 5.74) is 1.54. The predicted molar refractivity (Wildman–Crippen MR) is 106 cm³/mol. The number of rotatable bonds is 5. The summed E-state index contributed by atoms with van der Waals surface area (Å²) in [7, 11) is 0. The Kier molecular flexibility index (Phi) is 4.55. The maximum absolute atomic E-state index is 13.0. The molecule has 1 aliphatic heterocycles. The molecular formula is C22H24ClNO3. The third kappa shape index (κ3) is 3.51. The van der Waals surface area contributed by atoms with E-state index in [1.807, 2.05) is 44.2 Å². The minimum atomic E-state index is -0.661. The number of hydrogen-bond donors (Lipinski definition) is 1. The first-order chi connectivity index (χ1) is 12.9. The Bertz CT molecular complexity index is 856. The van der Waals surface area contributed by atoms with Crippen LogP contribution in [-0.2, 0) is 15.6 Å². The average molecular weight is 386 g/mol. The third-order valence-corrected chi connectivity index (χ3v) is 5.98. The van der Waals surface area contributed by atoms with Gasteiger partial charge in [0.1, 0.15) is 13.2 Å². The molecule has 0 unspecified atom stereocenters. The number of halogens is 1. The second-order valence-corrected chi connectivity index (χ2v) is 8.39. The van der Waals surface area contributed by atoms with E-state index in [2.05, 4.69) is 17.4 Å². The molecule has 1 aliphatic carbocycles. The Morgan fingerprint density at radius 3 is 2.41 bits per heavy atom. The molecule has 4 nitrogen and oxygen atoms in total. The molecule has 4 rings (SSSR count). The number of amides is 1. The van der Waals surface area contributed by atoms with E-state index in [1.165, 1.54) is 5.56 Å². The summed E-state index contributed by atoms with van der Waals surface area (Å²) in [6.45, 7) is 5.61. The van der Waals surface area contributed by atoms with Gasteiger partial charge < -0.3 is 14.8 Å². The highest BCUT2D eigenvalue weighted by atomic mass is 35.5. The van der Waals surface area contributed by atoms with Crippen LogP contribution in [0.1, 0.15) is 37.8 Å². The fourth-order valence-electron chi connectivity index (χ4n) is 3.56. The third-order valence-electron chi connectivity index (χ3n) is 5.73. The number of hydrogen-bond acceptors (Lipinski definition) is 3. The van der Waals surface area contributed by atoms with Crippen molar-refractivity contribution in [2.24, 2.45) is 0 Å². The van der Waals surface area contributed by atoms with Gasteiger partial charge in [-0.3, -0.25) is 4.79 Å². The Balaban J connectivity index is 1.46. The minimum Gasteiger partial charge on any atom is -0.486 e. The first-order valence-electron chi connectivity index (χ1n) is 9.35. The van der Waals surface area contributed by atoms with Crippen LogP contribution in [0, 0.1) is 0 Å². The van der Waals surface area contributed by atoms with Crippen LogP contribution < -0.4 is 14.8 Å². The highest BCUT2D eigenvalue weighted by Gasteiger charge is 2.45. The topological polar surface area (TPSA) is 47.6 Å². The van der Waals surface area contributed by atoms with Gasteiger partial charge in [-0.05, 0) is 62.1 Å². The fourth-order valence-corrected chi connectivity index (χ4v) is 3.68. The van der Waals surface area contributed by atoms with Crippen molar-refractivity contribution < 1.29 is 14.3 Å². The number of carbonyl (C=O) groups excluding carboxylic acids is 1. The molecule has 2 aromatic carbocycles. The van der Waals surface area contributed by atoms with Gasteiger partial charge in [0.25, 0.3) is 0 Å². The van der Waals surface area contributed by atoms with Crippen LogP contribution in [-0.4, -0.2) is 25.7 Å². The lowest BCUT2D eigenvalue weighted by molar-refractivity contribution is -0.125. The summed E-state index contributed by atoms with van der Waals surface area (Å²) >= 11 is 6.00. The number of fused-ring (bicyclic) bond motifs is 1. The SMILES string of the molecule is CC(C)(C(=O)NCC1(c2ccc(Cl)cc2)CC1)c1ccc2c(c1)OCCO2. The van der Waals surface area contributed by atoms with Crippen molar-refractivity contribution in [3.63, 3.8) is 0 Å². The number of carbonyl (C=O) groups is 1. The number of ether oxygens (including phenoxy) is 2. The van der Waals surface area contributed by atoms with E-state index >= 15 is 0 Å². The summed E-state index contributed by atoms with van der Waals surface area (Å²) in [5.74, 6) is 1.46. The molecule has 0 bridgehead atoms. The van der Waals surface area contributed by atoms with Gasteiger partial charge in [0, 0.05) is 17.0 Å². The molecule has 0 radical (unpaired) electrons. The minimum absolute atomic E-state index is 0.0133. The van der Waals surface area contributed by atoms with E-state index in [1.54, 1.807) is 0 Å². The molecule has 1 saturated carbocycles. The summed E-state index contributed by atoms with van der Waals surface area (Å²) in [4.78, 5) is 13.0. The van der Waals surface area contributed by atoms with Crippen LogP contribution in [0.4, 0.5) is 0 Å². The molecule has 5 heteroatoms. The van der Waals surface area contributed by atoms with E-state index < -0.39 is 5.41 Å². The second kappa shape index (κ2) is 6.75. The van der Waals surface area contributed by atoms with Crippen molar-refractivity contribution in [1.82, 2.24) is 5.32 Å². The van der Waals surface area contributed by atoms with E-state index in [-0.39, 0.29) is 11.3 Å². The van der Waals surface area contributed by atoms with Gasteiger partial charge in [0.15, 0.2) is 11.5 Å². The standard InChI is InChI=1S/C22H24ClNO3/c1-21(2,16-5-8-18-19(13-16)27-12-11-26-18)20(25)24-14-22(9-10-22)15-3-6-17(23)7-4-15/h3-8,13H,9-12,14H2,1-2H3,(H,24,25). The second-order valence-electron chi connectivity index (χ2n) is 7.95. The van der Waals surface area contributed by atoms with Crippen molar-refractivity contribution in [1.29, 1.82) is 0 Å². The number of nitrogens with one attached hydrogen (secondary N) is 1. The quantitative estimate of drug-likeness (QED) is 0.837. The molecule has 1 N–H and O–H groups in total. The number of benzene rings is 2. The largest absolute Gasteiger partial charge is 0.486 e. The van der Waals surface area contributed by atoms with Crippen LogP contribution in [0.5, 0.6) is 11.5 Å². The van der Waals surface area contributed by atoms with E-state index in [4.69, 9.17) is 21.1 Å². The summed E-state index contributed by atoms with van der Waals surface area (Å²) in [6.07, 6.45) is 2.17. The van der Waals surface area contributed by atoms with Crippen molar-refractivity contribution in [2.75, 3.05) is 19.8 Å². The lowest BCUT2D eigenvalue weighted by atomic mass is 9.83. The van der Waals surface area contributed by atoms with Crippen LogP contribution in [0.25, 0.3) is 0 Å². The monoisotopic (exact) mass is 385 g/mol. The van der Waals surface area contributed by atoms with Gasteiger partial charge in [0.2, 0.25) is 5.91 Å². The van der Waals surface area contributed by atoms with Gasteiger partial charge >= 0.3 is 0 Å². The molecule has 1 heterocycles. The maximum atomic E-state index is 13.0. The smallest absolute Gasteiger partial charge is 0.230 e. The van der Waals surface area contributed by atoms with Gasteiger partial charge in [-0.1, -0.05) is 29.8 Å². The molecule has 0 saturated heterocycles. The van der Waals surface area contributed by atoms with Gasteiger partial charge in [0.05, 0.1) is 5.41 Å². The lowest BCUT2D eigenvalue weighted by Crippen LogP contribution is -2.43. The van der Waals surface area contributed by atoms with Gasteiger partial charge in [-0.15, -0.1) is 0 Å². The Labute approximate surface area is 164 Å². The molecular weight excluding hydrogens is 362 g/mol. The Hall–Kier alpha value is -2.20. The molecule has 0 spiro atoms. The molecule has 2 aromatic rings. The summed E-state index contributed by atoms with van der Waals surface area (Å²) in [6, 6.07) is 13.7. The molecule has 1 fully saturated rings.